The van der Waals surface area contributed by atoms with Crippen molar-refractivity contribution in [3.63, 3.8) is 0 Å². The first-order valence-corrected chi connectivity index (χ1v) is 6.05. The van der Waals surface area contributed by atoms with Gasteiger partial charge < -0.3 is 15.6 Å². The van der Waals surface area contributed by atoms with Crippen LogP contribution in [0.4, 0.5) is 24.5 Å². The molecule has 0 spiro atoms. The van der Waals surface area contributed by atoms with Crippen molar-refractivity contribution >= 4 is 11.4 Å². The Morgan fingerprint density at radius 2 is 2.15 bits per heavy atom. The summed E-state index contributed by atoms with van der Waals surface area (Å²) < 4.78 is 39.5. The average molecular weight is 284 g/mol. The fraction of sp³-hybridized carbons (Fsp3) is 0.308. The lowest BCUT2D eigenvalue weighted by atomic mass is 10.1. The maximum absolute atomic E-state index is 12.5. The Balaban J connectivity index is 2.06. The minimum Gasteiger partial charge on any atom is -0.397 e. The second-order valence-electron chi connectivity index (χ2n) is 4.60. The van der Waals surface area contributed by atoms with Crippen molar-refractivity contribution in [1.29, 1.82) is 0 Å². The Morgan fingerprint density at radius 1 is 1.40 bits per heavy atom. The van der Waals surface area contributed by atoms with Crippen molar-refractivity contribution in [3.05, 3.63) is 42.5 Å². The zero-order valence-corrected chi connectivity index (χ0v) is 10.9. The Labute approximate surface area is 114 Å². The highest BCUT2D eigenvalue weighted by Crippen LogP contribution is 2.32. The molecule has 0 aliphatic heterocycles. The van der Waals surface area contributed by atoms with Gasteiger partial charge in [0.05, 0.1) is 23.3 Å². The van der Waals surface area contributed by atoms with Gasteiger partial charge in [0.2, 0.25) is 0 Å². The van der Waals surface area contributed by atoms with Crippen LogP contribution in [0.3, 0.4) is 0 Å². The number of nitrogens with zero attached hydrogens (tertiary/aromatic N) is 2. The van der Waals surface area contributed by atoms with Gasteiger partial charge in [0, 0.05) is 25.0 Å². The summed E-state index contributed by atoms with van der Waals surface area (Å²) in [5.74, 6) is 0. The number of nitrogens with one attached hydrogen (secondary N) is 1. The molecule has 0 saturated carbocycles. The predicted molar refractivity (Wildman–Crippen MR) is 71.2 cm³/mol. The van der Waals surface area contributed by atoms with Gasteiger partial charge in [0.1, 0.15) is 0 Å². The van der Waals surface area contributed by atoms with E-state index < -0.39 is 11.7 Å². The molecule has 0 saturated heterocycles. The van der Waals surface area contributed by atoms with E-state index in [-0.39, 0.29) is 11.7 Å². The van der Waals surface area contributed by atoms with Gasteiger partial charge in [-0.25, -0.2) is 4.98 Å². The van der Waals surface area contributed by atoms with Crippen LogP contribution in [0.2, 0.25) is 0 Å². The molecule has 1 atom stereocenters. The third-order valence-electron chi connectivity index (χ3n) is 2.82. The molecular weight excluding hydrogens is 269 g/mol. The van der Waals surface area contributed by atoms with Gasteiger partial charge in [-0.2, -0.15) is 13.2 Å². The van der Waals surface area contributed by atoms with Crippen molar-refractivity contribution < 1.29 is 13.2 Å². The number of alkyl halides is 3. The maximum Gasteiger partial charge on any atom is 0.416 e. The van der Waals surface area contributed by atoms with Crippen LogP contribution in [-0.2, 0) is 12.7 Å². The quantitative estimate of drug-likeness (QED) is 0.849. The molecular formula is C13H15F3N4. The number of nitrogens with two attached hydrogens (primary N) is 1. The molecule has 1 aromatic carbocycles. The summed E-state index contributed by atoms with van der Waals surface area (Å²) in [6.07, 6.45) is 0.775. The van der Waals surface area contributed by atoms with Crippen LogP contribution in [-0.4, -0.2) is 15.6 Å². The first-order chi connectivity index (χ1) is 9.36. The Kier molecular flexibility index (Phi) is 3.87. The van der Waals surface area contributed by atoms with Crippen LogP contribution in [0.1, 0.15) is 12.5 Å². The SMILES string of the molecule is CC(Cn1ccnc1)Nc1ccc(C(F)(F)F)cc1N. The normalized spacial score (nSPS) is 13.2. The molecule has 1 unspecified atom stereocenters. The van der Waals surface area contributed by atoms with E-state index in [0.29, 0.717) is 12.2 Å². The summed E-state index contributed by atoms with van der Waals surface area (Å²) >= 11 is 0. The van der Waals surface area contributed by atoms with E-state index in [0.717, 1.165) is 12.1 Å². The summed E-state index contributed by atoms with van der Waals surface area (Å²) in [7, 11) is 0. The molecule has 0 radical (unpaired) electrons. The highest BCUT2D eigenvalue weighted by molar-refractivity contribution is 5.67. The first kappa shape index (κ1) is 14.2. The van der Waals surface area contributed by atoms with Crippen molar-refractivity contribution in [1.82, 2.24) is 9.55 Å². The van der Waals surface area contributed by atoms with Gasteiger partial charge in [-0.15, -0.1) is 0 Å². The van der Waals surface area contributed by atoms with Gasteiger partial charge in [0.15, 0.2) is 0 Å². The number of rotatable bonds is 4. The second-order valence-corrected chi connectivity index (χ2v) is 4.60. The molecule has 7 heteroatoms. The van der Waals surface area contributed by atoms with Gasteiger partial charge in [0.25, 0.3) is 0 Å². The number of nitrogen functional groups attached to an aromatic ring is 1. The summed E-state index contributed by atoms with van der Waals surface area (Å²) in [5, 5.41) is 3.09. The molecule has 3 N–H and O–H groups in total. The van der Waals surface area contributed by atoms with Gasteiger partial charge in [-0.3, -0.25) is 0 Å². The molecule has 4 nitrogen and oxygen atoms in total. The third-order valence-corrected chi connectivity index (χ3v) is 2.82. The minimum atomic E-state index is -4.38. The highest BCUT2D eigenvalue weighted by Gasteiger charge is 2.30. The van der Waals surface area contributed by atoms with E-state index >= 15 is 0 Å². The van der Waals surface area contributed by atoms with E-state index in [9.17, 15) is 13.2 Å². The molecule has 2 aromatic rings. The van der Waals surface area contributed by atoms with E-state index in [1.807, 2.05) is 17.7 Å². The monoisotopic (exact) mass is 284 g/mol. The molecule has 0 aliphatic rings. The maximum atomic E-state index is 12.5. The van der Waals surface area contributed by atoms with E-state index in [1.165, 1.54) is 6.07 Å². The Hall–Kier alpha value is -2.18. The Bertz CT molecular complexity index is 563. The van der Waals surface area contributed by atoms with Crippen LogP contribution in [0.15, 0.2) is 36.9 Å². The van der Waals surface area contributed by atoms with E-state index in [1.54, 1.807) is 12.5 Å². The molecule has 0 aliphatic carbocycles. The topological polar surface area (TPSA) is 55.9 Å². The molecule has 0 bridgehead atoms. The van der Waals surface area contributed by atoms with Crippen molar-refractivity contribution in [2.75, 3.05) is 11.1 Å². The summed E-state index contributed by atoms with van der Waals surface area (Å²) in [4.78, 5) is 3.92. The predicted octanol–water partition coefficient (Wildman–Crippen LogP) is 2.98. The van der Waals surface area contributed by atoms with Crippen molar-refractivity contribution in [2.24, 2.45) is 0 Å². The van der Waals surface area contributed by atoms with E-state index in [4.69, 9.17) is 5.73 Å². The molecule has 1 heterocycles. The van der Waals surface area contributed by atoms with Gasteiger partial charge in [-0.05, 0) is 25.1 Å². The summed E-state index contributed by atoms with van der Waals surface area (Å²) in [6.45, 7) is 2.55. The van der Waals surface area contributed by atoms with Crippen molar-refractivity contribution in [2.45, 2.75) is 25.7 Å². The van der Waals surface area contributed by atoms with Crippen LogP contribution in [0.25, 0.3) is 0 Å². The van der Waals surface area contributed by atoms with Crippen LogP contribution in [0, 0.1) is 0 Å². The molecule has 108 valence electrons. The highest BCUT2D eigenvalue weighted by atomic mass is 19.4. The summed E-state index contributed by atoms with van der Waals surface area (Å²) in [6, 6.07) is 3.31. The molecule has 1 aromatic heterocycles. The molecule has 20 heavy (non-hydrogen) atoms. The largest absolute Gasteiger partial charge is 0.416 e. The lowest BCUT2D eigenvalue weighted by molar-refractivity contribution is -0.137. The minimum absolute atomic E-state index is 0.00300. The molecule has 2 rings (SSSR count). The Morgan fingerprint density at radius 3 is 2.70 bits per heavy atom. The number of hydrogen-bond donors (Lipinski definition) is 2. The van der Waals surface area contributed by atoms with Gasteiger partial charge >= 0.3 is 6.18 Å². The van der Waals surface area contributed by atoms with E-state index in [2.05, 4.69) is 10.3 Å². The van der Waals surface area contributed by atoms with Crippen LogP contribution < -0.4 is 11.1 Å². The third kappa shape index (κ3) is 3.43. The number of halogens is 3. The lowest BCUT2D eigenvalue weighted by Crippen LogP contribution is -2.22. The number of imidazole rings is 1. The number of benzene rings is 1. The zero-order valence-electron chi connectivity index (χ0n) is 10.9. The smallest absolute Gasteiger partial charge is 0.397 e. The molecule has 0 amide bonds. The first-order valence-electron chi connectivity index (χ1n) is 6.05. The summed E-state index contributed by atoms with van der Waals surface area (Å²) in [5.41, 5.74) is 5.48. The number of hydrogen-bond acceptors (Lipinski definition) is 3. The fourth-order valence-electron chi connectivity index (χ4n) is 1.89. The lowest BCUT2D eigenvalue weighted by Gasteiger charge is -2.18. The number of aromatic nitrogens is 2. The fourth-order valence-corrected chi connectivity index (χ4v) is 1.89. The standard InChI is InChI=1S/C13H15F3N4/c1-9(7-20-5-4-18-8-20)19-12-3-2-10(6-11(12)17)13(14,15)16/h2-6,8-9,19H,7,17H2,1H3. The van der Waals surface area contributed by atoms with Crippen LogP contribution in [0.5, 0.6) is 0 Å². The average Bonchev–Trinajstić information content (AvgIpc) is 2.83. The second kappa shape index (κ2) is 5.44. The molecule has 0 fully saturated rings. The zero-order chi connectivity index (χ0) is 14.8. The van der Waals surface area contributed by atoms with Gasteiger partial charge in [-0.1, -0.05) is 0 Å². The number of anilines is 2. The van der Waals surface area contributed by atoms with Crippen LogP contribution >= 0.6 is 0 Å². The van der Waals surface area contributed by atoms with Crippen molar-refractivity contribution in [3.8, 4) is 0 Å².